The largest absolute Gasteiger partial charge is 0.483 e. The summed E-state index contributed by atoms with van der Waals surface area (Å²) >= 11 is 0. The van der Waals surface area contributed by atoms with Crippen molar-refractivity contribution in [1.29, 1.82) is 0 Å². The highest BCUT2D eigenvalue weighted by atomic mass is 19.1. The lowest BCUT2D eigenvalue weighted by Gasteiger charge is -2.43. The number of carbonyl (C=O) groups excluding carboxylic acids is 2. The molecule has 1 aliphatic rings. The number of methoxy groups -OCH3 is 2. The summed E-state index contributed by atoms with van der Waals surface area (Å²) in [5, 5.41) is 16.9. The number of para-hydroxylation sites is 1. The monoisotopic (exact) mass is 579 g/mol. The van der Waals surface area contributed by atoms with Gasteiger partial charge in [0.05, 0.1) is 25.3 Å². The van der Waals surface area contributed by atoms with Crippen LogP contribution in [0.2, 0.25) is 0 Å². The maximum Gasteiger partial charge on any atom is 0.290 e. The number of hydrogen-bond donors (Lipinski definition) is 3. The molecule has 0 unspecified atom stereocenters. The van der Waals surface area contributed by atoms with Gasteiger partial charge in [-0.1, -0.05) is 24.3 Å². The Balaban J connectivity index is 0.00000129. The lowest BCUT2D eigenvalue weighted by molar-refractivity contribution is -0.122. The number of aromatic nitrogens is 3. The molecule has 218 valence electrons. The fourth-order valence-electron chi connectivity index (χ4n) is 4.49. The van der Waals surface area contributed by atoms with Crippen molar-refractivity contribution in [2.24, 2.45) is 0 Å². The number of nitrogens with zero attached hydrogens (tertiary/aromatic N) is 3. The van der Waals surface area contributed by atoms with Gasteiger partial charge in [-0.05, 0) is 55.2 Å². The van der Waals surface area contributed by atoms with E-state index in [2.05, 4.69) is 20.7 Å². The molecule has 13 heteroatoms. The highest BCUT2D eigenvalue weighted by molar-refractivity contribution is 6.03. The fraction of sp³-hybridized carbons (Fsp3) is 0.207. The van der Waals surface area contributed by atoms with E-state index in [0.717, 1.165) is 18.1 Å². The molecule has 2 aromatic carbocycles. The van der Waals surface area contributed by atoms with Crippen molar-refractivity contribution in [3.63, 3.8) is 0 Å². The Morgan fingerprint density at radius 3 is 2.26 bits per heavy atom. The highest BCUT2D eigenvalue weighted by Crippen LogP contribution is 2.42. The number of rotatable bonds is 8. The van der Waals surface area contributed by atoms with Gasteiger partial charge in [-0.25, -0.2) is 13.8 Å². The molecule has 4 aromatic rings. The van der Waals surface area contributed by atoms with E-state index in [4.69, 9.17) is 19.4 Å². The van der Waals surface area contributed by atoms with Crippen LogP contribution < -0.4 is 20.1 Å². The first kappa shape index (κ1) is 29.6. The summed E-state index contributed by atoms with van der Waals surface area (Å²) in [7, 11) is 2.71. The van der Waals surface area contributed by atoms with Crippen LogP contribution in [0, 0.1) is 11.6 Å². The zero-order valence-corrected chi connectivity index (χ0v) is 22.6. The van der Waals surface area contributed by atoms with Crippen LogP contribution in [-0.4, -0.2) is 52.4 Å². The van der Waals surface area contributed by atoms with Gasteiger partial charge in [0, 0.05) is 18.0 Å². The van der Waals surface area contributed by atoms with Crippen molar-refractivity contribution in [2.45, 2.75) is 24.8 Å². The predicted octanol–water partition coefficient (Wildman–Crippen LogP) is 4.33. The summed E-state index contributed by atoms with van der Waals surface area (Å²) in [5.41, 5.74) is 1.04. The molecule has 0 saturated heterocycles. The van der Waals surface area contributed by atoms with E-state index in [1.165, 1.54) is 43.3 Å². The molecule has 0 spiro atoms. The molecule has 2 amide bonds. The Hall–Kier alpha value is -5.33. The van der Waals surface area contributed by atoms with Gasteiger partial charge in [0.2, 0.25) is 11.8 Å². The lowest BCUT2D eigenvalue weighted by Crippen LogP contribution is -2.50. The molecule has 42 heavy (non-hydrogen) atoms. The predicted molar refractivity (Wildman–Crippen MR) is 147 cm³/mol. The maximum atomic E-state index is 14.3. The van der Waals surface area contributed by atoms with Gasteiger partial charge in [-0.15, -0.1) is 0 Å². The zero-order valence-electron chi connectivity index (χ0n) is 22.6. The fourth-order valence-corrected chi connectivity index (χ4v) is 4.49. The molecular weight excluding hydrogens is 552 g/mol. The van der Waals surface area contributed by atoms with Crippen LogP contribution in [0.15, 0.2) is 66.9 Å². The van der Waals surface area contributed by atoms with Crippen molar-refractivity contribution >= 4 is 24.0 Å². The van der Waals surface area contributed by atoms with Crippen LogP contribution in [0.1, 0.15) is 45.7 Å². The Morgan fingerprint density at radius 1 is 1.00 bits per heavy atom. The van der Waals surface area contributed by atoms with Crippen molar-refractivity contribution in [3.8, 4) is 17.4 Å². The molecule has 0 aliphatic heterocycles. The smallest absolute Gasteiger partial charge is 0.290 e. The molecule has 1 fully saturated rings. The summed E-state index contributed by atoms with van der Waals surface area (Å²) in [4.78, 5) is 38.0. The van der Waals surface area contributed by atoms with Gasteiger partial charge in [-0.2, -0.15) is 9.78 Å². The van der Waals surface area contributed by atoms with E-state index in [-0.39, 0.29) is 35.2 Å². The van der Waals surface area contributed by atoms with Crippen LogP contribution in [0.5, 0.6) is 11.8 Å². The van der Waals surface area contributed by atoms with Crippen molar-refractivity contribution in [1.82, 2.24) is 20.1 Å². The number of carbonyl (C=O) groups is 3. The number of hydrogen-bond acceptors (Lipinski definition) is 7. The summed E-state index contributed by atoms with van der Waals surface area (Å²) < 4.78 is 39.6. The number of ether oxygens (including phenoxy) is 2. The second-order valence-electron chi connectivity index (χ2n) is 9.18. The first-order valence-corrected chi connectivity index (χ1v) is 12.7. The minimum atomic E-state index is -0.718. The zero-order chi connectivity index (χ0) is 30.3. The average molecular weight is 580 g/mol. The van der Waals surface area contributed by atoms with Gasteiger partial charge >= 0.3 is 0 Å². The van der Waals surface area contributed by atoms with Gasteiger partial charge in [0.15, 0.2) is 11.5 Å². The molecule has 11 nitrogen and oxygen atoms in total. The van der Waals surface area contributed by atoms with Crippen LogP contribution in [0.3, 0.4) is 0 Å². The number of pyridine rings is 1. The van der Waals surface area contributed by atoms with Gasteiger partial charge in [-0.3, -0.25) is 14.4 Å². The summed E-state index contributed by atoms with van der Waals surface area (Å²) in [6.45, 7) is -0.250. The molecule has 2 heterocycles. The number of amides is 2. The van der Waals surface area contributed by atoms with Crippen molar-refractivity contribution in [3.05, 3.63) is 95.3 Å². The second-order valence-corrected chi connectivity index (χ2v) is 9.18. The van der Waals surface area contributed by atoms with Gasteiger partial charge < -0.3 is 25.2 Å². The molecule has 1 saturated carbocycles. The molecular formula is C29H27F2N5O6. The van der Waals surface area contributed by atoms with Crippen LogP contribution >= 0.6 is 0 Å². The second kappa shape index (κ2) is 12.9. The SMILES string of the molecule is COc1ncc(C(=O)NC2(c3ccc(NC(=O)c4cc(OC)n(-c5ccccc5F)n4)cc3)CCC2)cc1F.O=CO. The normalized spacial score (nSPS) is 13.0. The topological polar surface area (TPSA) is 145 Å². The molecule has 3 N–H and O–H groups in total. The first-order valence-electron chi connectivity index (χ1n) is 12.7. The van der Waals surface area contributed by atoms with Crippen LogP contribution in [0.25, 0.3) is 5.69 Å². The highest BCUT2D eigenvalue weighted by Gasteiger charge is 2.40. The number of anilines is 1. The van der Waals surface area contributed by atoms with E-state index < -0.39 is 29.0 Å². The van der Waals surface area contributed by atoms with Gasteiger partial charge in [0.1, 0.15) is 11.5 Å². The van der Waals surface area contributed by atoms with E-state index in [1.807, 2.05) is 12.1 Å². The molecule has 5 rings (SSSR count). The van der Waals surface area contributed by atoms with Gasteiger partial charge in [0.25, 0.3) is 18.3 Å². The molecule has 1 aliphatic carbocycles. The summed E-state index contributed by atoms with van der Waals surface area (Å²) in [5.74, 6) is -2.15. The number of carboxylic acid groups (broad SMARTS) is 1. The Labute approximate surface area is 239 Å². The third-order valence-corrected chi connectivity index (χ3v) is 6.72. The van der Waals surface area contributed by atoms with E-state index in [1.54, 1.807) is 24.3 Å². The molecule has 2 aromatic heterocycles. The quantitative estimate of drug-likeness (QED) is 0.262. The summed E-state index contributed by atoms with van der Waals surface area (Å²) in [6, 6.07) is 15.6. The first-order chi connectivity index (χ1) is 20.2. The van der Waals surface area contributed by atoms with E-state index >= 15 is 0 Å². The third-order valence-electron chi connectivity index (χ3n) is 6.72. The van der Waals surface area contributed by atoms with Crippen molar-refractivity contribution < 1.29 is 37.7 Å². The Kier molecular flexibility index (Phi) is 9.10. The lowest BCUT2D eigenvalue weighted by atomic mass is 9.71. The Morgan fingerprint density at radius 2 is 1.69 bits per heavy atom. The number of benzene rings is 2. The number of halogens is 2. The van der Waals surface area contributed by atoms with E-state index in [9.17, 15) is 18.4 Å². The van der Waals surface area contributed by atoms with Crippen LogP contribution in [0.4, 0.5) is 14.5 Å². The number of nitrogens with one attached hydrogen (secondary N) is 2. The van der Waals surface area contributed by atoms with Crippen molar-refractivity contribution in [2.75, 3.05) is 19.5 Å². The molecule has 0 radical (unpaired) electrons. The van der Waals surface area contributed by atoms with Crippen LogP contribution in [-0.2, 0) is 10.3 Å². The minimum absolute atomic E-state index is 0.0437. The average Bonchev–Trinajstić information content (AvgIpc) is 3.40. The maximum absolute atomic E-state index is 14.3. The van der Waals surface area contributed by atoms with E-state index in [0.29, 0.717) is 18.5 Å². The molecule has 0 bridgehead atoms. The standard InChI is InChI=1S/C28H25F2N5O4.CH2O2/c1-38-24-15-22(34-35(24)23-7-4-3-6-20(23)29)26(37)32-19-10-8-18(9-11-19)28(12-5-13-28)33-25(36)17-14-21(30)27(39-2)31-16-17;2-1-3/h3-4,6-11,14-16H,5,12-13H2,1-2H3,(H,32,37)(H,33,36);1H,(H,2,3). The minimum Gasteiger partial charge on any atom is -0.483 e. The molecule has 0 atom stereocenters. The third kappa shape index (κ3) is 6.19. The summed E-state index contributed by atoms with van der Waals surface area (Å²) in [6.07, 6.45) is 3.61. The Bertz CT molecular complexity index is 1590.